The fraction of sp³-hybridized carbons (Fsp3) is 0.391. The molecular formula is C23H29N3O2. The Morgan fingerprint density at radius 3 is 2.46 bits per heavy atom. The number of amides is 1. The average molecular weight is 380 g/mol. The minimum atomic E-state index is -0.00758. The van der Waals surface area contributed by atoms with E-state index < -0.39 is 0 Å². The number of carbonyl (C=O) groups excluding carboxylic acids is 1. The molecular weight excluding hydrogens is 350 g/mol. The van der Waals surface area contributed by atoms with Crippen molar-refractivity contribution in [3.05, 3.63) is 59.2 Å². The molecule has 1 atom stereocenters. The number of hydrogen-bond donors (Lipinski definition) is 0. The van der Waals surface area contributed by atoms with Gasteiger partial charge in [-0.25, -0.2) is 0 Å². The minimum Gasteiger partial charge on any atom is -0.497 e. The second-order valence-corrected chi connectivity index (χ2v) is 7.04. The number of ether oxygens (including phenoxy) is 1. The van der Waals surface area contributed by atoms with Gasteiger partial charge in [0.2, 0.25) is 5.91 Å². The summed E-state index contributed by atoms with van der Waals surface area (Å²) >= 11 is 0. The van der Waals surface area contributed by atoms with Crippen LogP contribution in [0.15, 0.2) is 42.5 Å². The number of methoxy groups -OCH3 is 1. The SMILES string of the molecule is COc1ccc(C(C)N(C)CC(=O)N(CCC#N)c2cccc(C)c2C)cc1. The fourth-order valence-electron chi connectivity index (χ4n) is 3.14. The smallest absolute Gasteiger partial charge is 0.241 e. The van der Waals surface area contributed by atoms with Crippen molar-refractivity contribution >= 4 is 11.6 Å². The fourth-order valence-corrected chi connectivity index (χ4v) is 3.14. The standard InChI is InChI=1S/C23H29N3O2/c1-17-8-6-9-22(18(17)2)26(15-7-14-24)23(27)16-25(4)19(3)20-10-12-21(28-5)13-11-20/h6,8-13,19H,7,15-16H2,1-5H3. The van der Waals surface area contributed by atoms with Crippen molar-refractivity contribution in [1.82, 2.24) is 4.90 Å². The zero-order chi connectivity index (χ0) is 20.7. The Morgan fingerprint density at radius 2 is 1.86 bits per heavy atom. The van der Waals surface area contributed by atoms with Crippen LogP contribution in [-0.4, -0.2) is 38.1 Å². The third kappa shape index (κ3) is 5.11. The number of nitriles is 1. The summed E-state index contributed by atoms with van der Waals surface area (Å²) in [5, 5.41) is 9.02. The van der Waals surface area contributed by atoms with Crippen LogP contribution in [0.2, 0.25) is 0 Å². The molecule has 0 radical (unpaired) electrons. The molecule has 0 aliphatic rings. The molecule has 1 unspecified atom stereocenters. The Morgan fingerprint density at radius 1 is 1.18 bits per heavy atom. The highest BCUT2D eigenvalue weighted by molar-refractivity contribution is 5.95. The first-order valence-electron chi connectivity index (χ1n) is 9.46. The predicted octanol–water partition coefficient (Wildman–Crippen LogP) is 4.25. The van der Waals surface area contributed by atoms with E-state index in [2.05, 4.69) is 13.0 Å². The highest BCUT2D eigenvalue weighted by Crippen LogP contribution is 2.25. The van der Waals surface area contributed by atoms with Crippen LogP contribution in [0.25, 0.3) is 0 Å². The molecule has 2 aromatic carbocycles. The van der Waals surface area contributed by atoms with E-state index in [1.54, 1.807) is 12.0 Å². The maximum Gasteiger partial charge on any atom is 0.241 e. The molecule has 0 N–H and O–H groups in total. The molecule has 2 aromatic rings. The molecule has 148 valence electrons. The van der Waals surface area contributed by atoms with Crippen LogP contribution >= 0.6 is 0 Å². The summed E-state index contributed by atoms with van der Waals surface area (Å²) in [5.74, 6) is 0.805. The van der Waals surface area contributed by atoms with Crippen molar-refractivity contribution in [2.75, 3.05) is 32.1 Å². The number of carbonyl (C=O) groups is 1. The van der Waals surface area contributed by atoms with Gasteiger partial charge in [0.15, 0.2) is 0 Å². The maximum atomic E-state index is 13.1. The number of anilines is 1. The molecule has 0 aliphatic heterocycles. The number of benzene rings is 2. The van der Waals surface area contributed by atoms with Crippen molar-refractivity contribution in [2.45, 2.75) is 33.2 Å². The first-order valence-corrected chi connectivity index (χ1v) is 9.46. The number of rotatable bonds is 8. The summed E-state index contributed by atoms with van der Waals surface area (Å²) in [6, 6.07) is 16.0. The minimum absolute atomic E-state index is 0.00758. The Balaban J connectivity index is 2.17. The summed E-state index contributed by atoms with van der Waals surface area (Å²) in [4.78, 5) is 16.9. The average Bonchev–Trinajstić information content (AvgIpc) is 2.70. The van der Waals surface area contributed by atoms with E-state index in [1.807, 2.05) is 68.3 Å². The first kappa shape index (κ1) is 21.5. The molecule has 0 aromatic heterocycles. The molecule has 0 fully saturated rings. The van der Waals surface area contributed by atoms with Crippen molar-refractivity contribution in [3.63, 3.8) is 0 Å². The molecule has 0 saturated heterocycles. The van der Waals surface area contributed by atoms with E-state index >= 15 is 0 Å². The lowest BCUT2D eigenvalue weighted by atomic mass is 10.1. The van der Waals surface area contributed by atoms with Gasteiger partial charge in [-0.2, -0.15) is 5.26 Å². The maximum absolute atomic E-state index is 13.1. The Bertz CT molecular complexity index is 840. The van der Waals surface area contributed by atoms with Gasteiger partial charge >= 0.3 is 0 Å². The molecule has 0 heterocycles. The van der Waals surface area contributed by atoms with Crippen LogP contribution in [0, 0.1) is 25.2 Å². The largest absolute Gasteiger partial charge is 0.497 e. The second-order valence-electron chi connectivity index (χ2n) is 7.04. The van der Waals surface area contributed by atoms with Gasteiger partial charge in [0, 0.05) is 18.3 Å². The van der Waals surface area contributed by atoms with E-state index in [0.717, 1.165) is 28.1 Å². The number of nitrogens with zero attached hydrogens (tertiary/aromatic N) is 3. The Kier molecular flexibility index (Phi) is 7.60. The van der Waals surface area contributed by atoms with Crippen LogP contribution in [0.3, 0.4) is 0 Å². The van der Waals surface area contributed by atoms with Gasteiger partial charge in [-0.05, 0) is 62.7 Å². The van der Waals surface area contributed by atoms with Crippen LogP contribution < -0.4 is 9.64 Å². The third-order valence-electron chi connectivity index (χ3n) is 5.26. The molecule has 5 nitrogen and oxygen atoms in total. The molecule has 0 spiro atoms. The normalized spacial score (nSPS) is 11.8. The van der Waals surface area contributed by atoms with Crippen molar-refractivity contribution < 1.29 is 9.53 Å². The van der Waals surface area contributed by atoms with E-state index in [1.165, 1.54) is 0 Å². The number of aryl methyl sites for hydroxylation is 1. The van der Waals surface area contributed by atoms with Crippen LogP contribution in [0.4, 0.5) is 5.69 Å². The monoisotopic (exact) mass is 379 g/mol. The van der Waals surface area contributed by atoms with E-state index in [4.69, 9.17) is 10.00 Å². The summed E-state index contributed by atoms with van der Waals surface area (Å²) in [6.07, 6.45) is 0.302. The van der Waals surface area contributed by atoms with Gasteiger partial charge in [0.1, 0.15) is 5.75 Å². The molecule has 5 heteroatoms. The third-order valence-corrected chi connectivity index (χ3v) is 5.26. The molecule has 0 aliphatic carbocycles. The summed E-state index contributed by atoms with van der Waals surface area (Å²) in [7, 11) is 3.59. The van der Waals surface area contributed by atoms with Gasteiger partial charge in [-0.3, -0.25) is 9.69 Å². The lowest BCUT2D eigenvalue weighted by molar-refractivity contribution is -0.119. The van der Waals surface area contributed by atoms with E-state index in [0.29, 0.717) is 13.0 Å². The summed E-state index contributed by atoms with van der Waals surface area (Å²) in [6.45, 7) is 6.79. The van der Waals surface area contributed by atoms with Crippen LogP contribution in [0.1, 0.15) is 36.1 Å². The molecule has 0 saturated carbocycles. The van der Waals surface area contributed by atoms with E-state index in [-0.39, 0.29) is 18.5 Å². The predicted molar refractivity (Wildman–Crippen MR) is 113 cm³/mol. The zero-order valence-electron chi connectivity index (χ0n) is 17.4. The summed E-state index contributed by atoms with van der Waals surface area (Å²) in [5.41, 5.74) is 4.20. The first-order chi connectivity index (χ1) is 13.4. The van der Waals surface area contributed by atoms with Gasteiger partial charge in [-0.1, -0.05) is 24.3 Å². The quantitative estimate of drug-likeness (QED) is 0.688. The van der Waals surface area contributed by atoms with Crippen molar-refractivity contribution in [2.24, 2.45) is 0 Å². The van der Waals surface area contributed by atoms with E-state index in [9.17, 15) is 4.79 Å². The topological polar surface area (TPSA) is 56.6 Å². The highest BCUT2D eigenvalue weighted by atomic mass is 16.5. The molecule has 2 rings (SSSR count). The lowest BCUT2D eigenvalue weighted by Gasteiger charge is -2.29. The zero-order valence-corrected chi connectivity index (χ0v) is 17.4. The highest BCUT2D eigenvalue weighted by Gasteiger charge is 2.22. The molecule has 0 bridgehead atoms. The molecule has 28 heavy (non-hydrogen) atoms. The van der Waals surface area contributed by atoms with Gasteiger partial charge in [-0.15, -0.1) is 0 Å². The summed E-state index contributed by atoms with van der Waals surface area (Å²) < 4.78 is 5.21. The van der Waals surface area contributed by atoms with Gasteiger partial charge in [0.25, 0.3) is 0 Å². The van der Waals surface area contributed by atoms with Gasteiger partial charge in [0.05, 0.1) is 26.1 Å². The number of likely N-dealkylation sites (N-methyl/N-ethyl adjacent to an activating group) is 1. The lowest BCUT2D eigenvalue weighted by Crippen LogP contribution is -2.40. The van der Waals surface area contributed by atoms with Crippen LogP contribution in [0.5, 0.6) is 5.75 Å². The number of hydrogen-bond acceptors (Lipinski definition) is 4. The van der Waals surface area contributed by atoms with Gasteiger partial charge < -0.3 is 9.64 Å². The Hall–Kier alpha value is -2.84. The second kappa shape index (κ2) is 9.91. The molecule has 1 amide bonds. The van der Waals surface area contributed by atoms with Crippen molar-refractivity contribution in [3.8, 4) is 11.8 Å². The van der Waals surface area contributed by atoms with Crippen molar-refractivity contribution in [1.29, 1.82) is 5.26 Å². The van der Waals surface area contributed by atoms with Crippen LogP contribution in [-0.2, 0) is 4.79 Å². The Labute approximate surface area is 168 Å².